The van der Waals surface area contributed by atoms with Gasteiger partial charge >= 0.3 is 0 Å². The quantitative estimate of drug-likeness (QED) is 0.833. The van der Waals surface area contributed by atoms with Gasteiger partial charge < -0.3 is 5.32 Å². The van der Waals surface area contributed by atoms with Gasteiger partial charge in [-0.25, -0.2) is 8.42 Å². The molecule has 1 unspecified atom stereocenters. The first-order valence-corrected chi connectivity index (χ1v) is 7.25. The average Bonchev–Trinajstić information content (AvgIpc) is 2.55. The van der Waals surface area contributed by atoms with E-state index in [9.17, 15) is 8.42 Å². The van der Waals surface area contributed by atoms with E-state index in [2.05, 4.69) is 5.32 Å². The van der Waals surface area contributed by atoms with Crippen LogP contribution >= 0.6 is 11.3 Å². The molecule has 0 bridgehead atoms. The molecule has 3 nitrogen and oxygen atoms in total. The molecule has 0 saturated heterocycles. The van der Waals surface area contributed by atoms with E-state index in [4.69, 9.17) is 0 Å². The summed E-state index contributed by atoms with van der Waals surface area (Å²) in [5.41, 5.74) is 0. The zero-order valence-electron chi connectivity index (χ0n) is 8.36. The zero-order valence-corrected chi connectivity index (χ0v) is 9.99. The Kier molecular flexibility index (Phi) is 4.10. The fourth-order valence-electron chi connectivity index (χ4n) is 0.963. The zero-order chi connectivity index (χ0) is 10.6. The molecule has 0 spiro atoms. The van der Waals surface area contributed by atoms with Crippen LogP contribution in [0.3, 0.4) is 0 Å². The molecule has 1 rings (SSSR count). The molecule has 0 aliphatic carbocycles. The monoisotopic (exact) mass is 233 g/mol. The maximum Gasteiger partial charge on any atom is 0.151 e. The van der Waals surface area contributed by atoms with E-state index in [0.29, 0.717) is 6.54 Å². The van der Waals surface area contributed by atoms with E-state index < -0.39 is 9.84 Å². The summed E-state index contributed by atoms with van der Waals surface area (Å²) in [6, 6.07) is 4.02. The van der Waals surface area contributed by atoms with Crippen molar-refractivity contribution in [2.75, 3.05) is 12.8 Å². The third-order valence-electron chi connectivity index (χ3n) is 2.04. The van der Waals surface area contributed by atoms with Gasteiger partial charge in [0.2, 0.25) is 0 Å². The SMILES string of the molecule is CC(CNCc1cccs1)S(C)(=O)=O. The average molecular weight is 233 g/mol. The van der Waals surface area contributed by atoms with Crippen molar-refractivity contribution in [3.63, 3.8) is 0 Å². The van der Waals surface area contributed by atoms with Gasteiger partial charge in [0, 0.05) is 24.2 Å². The molecule has 1 heterocycles. The first kappa shape index (κ1) is 11.7. The van der Waals surface area contributed by atoms with Crippen molar-refractivity contribution >= 4 is 21.2 Å². The third-order valence-corrected chi connectivity index (χ3v) is 4.55. The number of thiophene rings is 1. The van der Waals surface area contributed by atoms with Gasteiger partial charge in [0.1, 0.15) is 0 Å². The molecule has 0 amide bonds. The molecule has 1 N–H and O–H groups in total. The summed E-state index contributed by atoms with van der Waals surface area (Å²) in [6.45, 7) is 2.98. The fourth-order valence-corrected chi connectivity index (χ4v) is 2.06. The Morgan fingerprint density at radius 3 is 2.79 bits per heavy atom. The Hall–Kier alpha value is -0.390. The number of sulfone groups is 1. The largest absolute Gasteiger partial charge is 0.311 e. The molecule has 0 radical (unpaired) electrons. The summed E-state index contributed by atoms with van der Waals surface area (Å²) in [5, 5.41) is 4.82. The second kappa shape index (κ2) is 4.91. The number of rotatable bonds is 5. The summed E-state index contributed by atoms with van der Waals surface area (Å²) in [4.78, 5) is 1.23. The lowest BCUT2D eigenvalue weighted by molar-refractivity contribution is 0.577. The molecule has 1 aromatic rings. The summed E-state index contributed by atoms with van der Waals surface area (Å²) in [7, 11) is -2.90. The molecule has 1 atom stereocenters. The smallest absolute Gasteiger partial charge is 0.151 e. The maximum atomic E-state index is 11.1. The molecular weight excluding hydrogens is 218 g/mol. The summed E-state index contributed by atoms with van der Waals surface area (Å²) >= 11 is 1.67. The molecule has 14 heavy (non-hydrogen) atoms. The Labute approximate surface area is 89.1 Å². The standard InChI is InChI=1S/C9H15NO2S2/c1-8(14(2,11)12)6-10-7-9-4-3-5-13-9/h3-5,8,10H,6-7H2,1-2H3. The number of hydrogen-bond donors (Lipinski definition) is 1. The second-order valence-corrected chi connectivity index (χ2v) is 6.85. The molecule has 0 aliphatic heterocycles. The molecule has 0 saturated carbocycles. The first-order valence-electron chi connectivity index (χ1n) is 4.42. The van der Waals surface area contributed by atoms with Gasteiger partial charge in [-0.05, 0) is 18.4 Å². The third kappa shape index (κ3) is 3.77. The number of nitrogens with one attached hydrogen (secondary N) is 1. The van der Waals surface area contributed by atoms with Crippen molar-refractivity contribution in [3.8, 4) is 0 Å². The highest BCUT2D eigenvalue weighted by Gasteiger charge is 2.13. The van der Waals surface area contributed by atoms with Gasteiger partial charge in [0.15, 0.2) is 9.84 Å². The van der Waals surface area contributed by atoms with Crippen LogP contribution in [0.1, 0.15) is 11.8 Å². The van der Waals surface area contributed by atoms with Crippen molar-refractivity contribution in [1.82, 2.24) is 5.32 Å². The van der Waals surface area contributed by atoms with Gasteiger partial charge in [-0.15, -0.1) is 11.3 Å². The highest BCUT2D eigenvalue weighted by Crippen LogP contribution is 2.07. The van der Waals surface area contributed by atoms with Crippen LogP contribution in [-0.2, 0) is 16.4 Å². The van der Waals surface area contributed by atoms with Crippen molar-refractivity contribution in [1.29, 1.82) is 0 Å². The van der Waals surface area contributed by atoms with Gasteiger partial charge in [-0.1, -0.05) is 6.07 Å². The van der Waals surface area contributed by atoms with Crippen LogP contribution in [0.4, 0.5) is 0 Å². The van der Waals surface area contributed by atoms with Gasteiger partial charge in [0.05, 0.1) is 5.25 Å². The van der Waals surface area contributed by atoms with Crippen LogP contribution in [0, 0.1) is 0 Å². The molecule has 80 valence electrons. The first-order chi connectivity index (χ1) is 6.50. The van der Waals surface area contributed by atoms with Crippen molar-refractivity contribution in [2.45, 2.75) is 18.7 Å². The van der Waals surface area contributed by atoms with Crippen LogP contribution in [0.25, 0.3) is 0 Å². The van der Waals surface area contributed by atoms with Crippen LogP contribution < -0.4 is 5.32 Å². The van der Waals surface area contributed by atoms with Crippen LogP contribution in [0.15, 0.2) is 17.5 Å². The lowest BCUT2D eigenvalue weighted by Gasteiger charge is -2.09. The van der Waals surface area contributed by atoms with E-state index in [1.54, 1.807) is 18.3 Å². The van der Waals surface area contributed by atoms with Crippen molar-refractivity contribution in [3.05, 3.63) is 22.4 Å². The Balaban J connectivity index is 2.29. The lowest BCUT2D eigenvalue weighted by Crippen LogP contribution is -2.29. The van der Waals surface area contributed by atoms with Crippen LogP contribution in [0.5, 0.6) is 0 Å². The molecule has 0 fully saturated rings. The van der Waals surface area contributed by atoms with E-state index in [-0.39, 0.29) is 5.25 Å². The van der Waals surface area contributed by atoms with Crippen molar-refractivity contribution in [2.24, 2.45) is 0 Å². The minimum atomic E-state index is -2.90. The summed E-state index contributed by atoms with van der Waals surface area (Å²) < 4.78 is 22.2. The molecule has 0 aliphatic rings. The predicted octanol–water partition coefficient (Wildman–Crippen LogP) is 1.27. The lowest BCUT2D eigenvalue weighted by atomic mass is 10.4. The maximum absolute atomic E-state index is 11.1. The highest BCUT2D eigenvalue weighted by molar-refractivity contribution is 7.91. The van der Waals surface area contributed by atoms with Gasteiger partial charge in [0.25, 0.3) is 0 Å². The number of hydrogen-bond acceptors (Lipinski definition) is 4. The molecule has 0 aromatic carbocycles. The highest BCUT2D eigenvalue weighted by atomic mass is 32.2. The predicted molar refractivity (Wildman–Crippen MR) is 60.3 cm³/mol. The Morgan fingerprint density at radius 2 is 2.29 bits per heavy atom. The Bertz CT molecular complexity index is 356. The van der Waals surface area contributed by atoms with Gasteiger partial charge in [-0.2, -0.15) is 0 Å². The second-order valence-electron chi connectivity index (χ2n) is 3.35. The van der Waals surface area contributed by atoms with Crippen LogP contribution in [-0.4, -0.2) is 26.5 Å². The fraction of sp³-hybridized carbons (Fsp3) is 0.556. The minimum Gasteiger partial charge on any atom is -0.311 e. The Morgan fingerprint density at radius 1 is 1.57 bits per heavy atom. The normalized spacial score (nSPS) is 14.1. The molecule has 1 aromatic heterocycles. The van der Waals surface area contributed by atoms with Crippen molar-refractivity contribution < 1.29 is 8.42 Å². The van der Waals surface area contributed by atoms with Crippen LogP contribution in [0.2, 0.25) is 0 Å². The molecule has 5 heteroatoms. The summed E-state index contributed by atoms with van der Waals surface area (Å²) in [5.74, 6) is 0. The van der Waals surface area contributed by atoms with Gasteiger partial charge in [-0.3, -0.25) is 0 Å². The summed E-state index contributed by atoms with van der Waals surface area (Å²) in [6.07, 6.45) is 1.27. The van der Waals surface area contributed by atoms with E-state index in [0.717, 1.165) is 6.54 Å². The minimum absolute atomic E-state index is 0.317. The molecular formula is C9H15NO2S2. The van der Waals surface area contributed by atoms with E-state index in [1.807, 2.05) is 17.5 Å². The topological polar surface area (TPSA) is 46.2 Å². The van der Waals surface area contributed by atoms with E-state index >= 15 is 0 Å². The van der Waals surface area contributed by atoms with E-state index in [1.165, 1.54) is 11.1 Å².